The number of hydrogen-bond acceptors (Lipinski definition) is 2. The van der Waals surface area contributed by atoms with E-state index in [1.165, 1.54) is 32.2 Å². The van der Waals surface area contributed by atoms with Crippen molar-refractivity contribution in [2.75, 3.05) is 0 Å². The average Bonchev–Trinajstić information content (AvgIpc) is 2.60. The van der Waals surface area contributed by atoms with Gasteiger partial charge >= 0.3 is 12.4 Å². The van der Waals surface area contributed by atoms with Crippen molar-refractivity contribution in [3.05, 3.63) is 62.6 Å². The highest BCUT2D eigenvalue weighted by atomic mass is 35.5. The molecule has 0 aliphatic carbocycles. The Labute approximate surface area is 178 Å². The van der Waals surface area contributed by atoms with E-state index in [1.54, 1.807) is 0 Å². The van der Waals surface area contributed by atoms with Crippen LogP contribution in [0.3, 0.4) is 0 Å². The van der Waals surface area contributed by atoms with Gasteiger partial charge in [0.1, 0.15) is 11.3 Å². The highest BCUT2D eigenvalue weighted by Crippen LogP contribution is 2.36. The Kier molecular flexibility index (Phi) is 6.69. The van der Waals surface area contributed by atoms with Gasteiger partial charge in [-0.3, -0.25) is 4.99 Å². The van der Waals surface area contributed by atoms with E-state index in [2.05, 4.69) is 16.8 Å². The van der Waals surface area contributed by atoms with E-state index >= 15 is 0 Å². The summed E-state index contributed by atoms with van der Waals surface area (Å²) in [7, 11) is 0. The quantitative estimate of drug-likeness (QED) is 0.288. The zero-order valence-corrected chi connectivity index (χ0v) is 16.9. The third-order valence-electron chi connectivity index (χ3n) is 3.68. The maximum absolute atomic E-state index is 12.9. The summed E-state index contributed by atoms with van der Waals surface area (Å²) in [4.78, 5) is 4.11. The number of benzene rings is 2. The van der Waals surface area contributed by atoms with Crippen LogP contribution in [0.4, 0.5) is 26.3 Å². The first kappa shape index (κ1) is 23.9. The van der Waals surface area contributed by atoms with Crippen LogP contribution in [0.2, 0.25) is 10.0 Å². The van der Waals surface area contributed by atoms with E-state index in [4.69, 9.17) is 23.2 Å². The summed E-state index contributed by atoms with van der Waals surface area (Å²) >= 11 is 11.7. The van der Waals surface area contributed by atoms with Gasteiger partial charge < -0.3 is 5.11 Å². The van der Waals surface area contributed by atoms with Crippen LogP contribution < -0.4 is 0 Å². The molecular formula is C20H13Cl2F6NO. The van der Waals surface area contributed by atoms with E-state index in [1.807, 2.05) is 0 Å². The first-order valence-electron chi connectivity index (χ1n) is 8.14. The Morgan fingerprint density at radius 2 is 1.43 bits per heavy atom. The van der Waals surface area contributed by atoms with Gasteiger partial charge in [0.05, 0.1) is 16.1 Å². The van der Waals surface area contributed by atoms with E-state index in [-0.39, 0.29) is 27.4 Å². The monoisotopic (exact) mass is 467 g/mol. The molecule has 160 valence electrons. The largest absolute Gasteiger partial charge is 0.506 e. The minimum Gasteiger partial charge on any atom is -0.506 e. The van der Waals surface area contributed by atoms with Crippen LogP contribution in [0.5, 0.6) is 5.75 Å². The van der Waals surface area contributed by atoms with E-state index in [0.717, 1.165) is 0 Å². The third kappa shape index (κ3) is 6.31. The van der Waals surface area contributed by atoms with Crippen LogP contribution in [-0.4, -0.2) is 16.9 Å². The molecule has 0 heterocycles. The van der Waals surface area contributed by atoms with E-state index < -0.39 is 34.6 Å². The van der Waals surface area contributed by atoms with Crippen molar-refractivity contribution in [1.29, 1.82) is 0 Å². The Hall–Kier alpha value is -2.37. The second-order valence-corrected chi connectivity index (χ2v) is 7.53. The molecule has 0 bridgehead atoms. The lowest BCUT2D eigenvalue weighted by molar-refractivity contribution is -0.143. The lowest BCUT2D eigenvalue weighted by atomic mass is 10.0. The predicted octanol–water partition coefficient (Wildman–Crippen LogP) is 6.99. The summed E-state index contributed by atoms with van der Waals surface area (Å²) < 4.78 is 77.6. The number of phenols is 1. The number of phenolic OH excluding ortho intramolecular Hbond substituents is 1. The molecule has 0 unspecified atom stereocenters. The Bertz CT molecular complexity index is 1010. The summed E-state index contributed by atoms with van der Waals surface area (Å²) in [6, 6.07) is 3.78. The molecule has 2 aromatic carbocycles. The fourth-order valence-corrected chi connectivity index (χ4v) is 2.71. The first-order chi connectivity index (χ1) is 13.6. The second kappa shape index (κ2) is 8.40. The zero-order valence-electron chi connectivity index (χ0n) is 15.4. The van der Waals surface area contributed by atoms with Crippen LogP contribution in [-0.2, 0) is 12.4 Å². The minimum atomic E-state index is -4.96. The molecule has 0 aromatic heterocycles. The average molecular weight is 468 g/mol. The minimum absolute atomic E-state index is 0.0171. The third-order valence-corrected chi connectivity index (χ3v) is 4.19. The zero-order chi connectivity index (χ0) is 22.9. The molecule has 0 aliphatic rings. The molecule has 0 saturated carbocycles. The lowest BCUT2D eigenvalue weighted by Gasteiger charge is -2.13. The number of hydrogen-bond donors (Lipinski definition) is 1. The number of aromatic hydroxyl groups is 1. The van der Waals surface area contributed by atoms with Gasteiger partial charge in [-0.05, 0) is 44.2 Å². The first-order valence-corrected chi connectivity index (χ1v) is 8.90. The highest BCUT2D eigenvalue weighted by molar-refractivity contribution is 6.36. The molecule has 0 saturated heterocycles. The van der Waals surface area contributed by atoms with Gasteiger partial charge in [-0.1, -0.05) is 35.0 Å². The van der Waals surface area contributed by atoms with Gasteiger partial charge in [0.15, 0.2) is 0 Å². The molecule has 1 N–H and O–H groups in total. The standard InChI is InChI=1S/C20H13Cl2F6NO/c1-18(2,29-10-12-7-15(21)9-16(22)17(12)30)4-3-11-5-13(19(23,24)25)8-14(6-11)20(26,27)28/h5-10,30H,1-2H3. The van der Waals surface area contributed by atoms with Crippen molar-refractivity contribution < 1.29 is 31.4 Å². The smallest absolute Gasteiger partial charge is 0.416 e. The molecule has 0 aliphatic heterocycles. The van der Waals surface area contributed by atoms with Gasteiger partial charge in [-0.2, -0.15) is 26.3 Å². The normalized spacial score (nSPS) is 12.7. The summed E-state index contributed by atoms with van der Waals surface area (Å²) in [6.07, 6.45) is -8.72. The number of nitrogens with zero attached hydrogens (tertiary/aromatic N) is 1. The molecule has 2 nitrogen and oxygen atoms in total. The van der Waals surface area contributed by atoms with Gasteiger partial charge in [0, 0.05) is 22.4 Å². The maximum Gasteiger partial charge on any atom is 0.416 e. The van der Waals surface area contributed by atoms with Crippen LogP contribution in [0.25, 0.3) is 0 Å². The highest BCUT2D eigenvalue weighted by Gasteiger charge is 2.36. The van der Waals surface area contributed by atoms with Crippen molar-refractivity contribution in [3.63, 3.8) is 0 Å². The summed E-state index contributed by atoms with van der Waals surface area (Å²) in [5.74, 6) is 4.54. The maximum atomic E-state index is 12.9. The molecule has 30 heavy (non-hydrogen) atoms. The molecule has 10 heteroatoms. The van der Waals surface area contributed by atoms with Crippen LogP contribution in [0.1, 0.15) is 36.1 Å². The molecule has 0 spiro atoms. The van der Waals surface area contributed by atoms with Gasteiger partial charge in [-0.15, -0.1) is 0 Å². The Morgan fingerprint density at radius 3 is 1.93 bits per heavy atom. The Balaban J connectivity index is 2.42. The van der Waals surface area contributed by atoms with Crippen molar-refractivity contribution in [2.45, 2.75) is 31.7 Å². The summed E-state index contributed by atoms with van der Waals surface area (Å²) in [5.41, 5.74) is -4.42. The fraction of sp³-hybridized carbons (Fsp3) is 0.250. The summed E-state index contributed by atoms with van der Waals surface area (Å²) in [6.45, 7) is 2.97. The van der Waals surface area contributed by atoms with Crippen molar-refractivity contribution in [3.8, 4) is 17.6 Å². The molecule has 0 atom stereocenters. The summed E-state index contributed by atoms with van der Waals surface area (Å²) in [5, 5.41) is 10.1. The number of rotatable bonds is 2. The van der Waals surface area contributed by atoms with Crippen LogP contribution in [0, 0.1) is 11.8 Å². The lowest BCUT2D eigenvalue weighted by Crippen LogP contribution is -2.14. The van der Waals surface area contributed by atoms with Crippen molar-refractivity contribution in [2.24, 2.45) is 4.99 Å². The molecule has 0 fully saturated rings. The fourth-order valence-electron chi connectivity index (χ4n) is 2.20. The number of halogens is 8. The van der Waals surface area contributed by atoms with Crippen LogP contribution >= 0.6 is 23.2 Å². The van der Waals surface area contributed by atoms with Gasteiger partial charge in [0.2, 0.25) is 0 Å². The molecule has 0 radical (unpaired) electrons. The SMILES string of the molecule is CC(C)(C#Cc1cc(C(F)(F)F)cc(C(F)(F)F)c1)N=Cc1cc(Cl)cc(Cl)c1O. The molecular weight excluding hydrogens is 455 g/mol. The van der Waals surface area contributed by atoms with Crippen molar-refractivity contribution in [1.82, 2.24) is 0 Å². The van der Waals surface area contributed by atoms with Crippen LogP contribution in [0.15, 0.2) is 35.3 Å². The predicted molar refractivity (Wildman–Crippen MR) is 103 cm³/mol. The Morgan fingerprint density at radius 1 is 0.900 bits per heavy atom. The number of aliphatic imine (C=N–C) groups is 1. The molecule has 2 rings (SSSR count). The van der Waals surface area contributed by atoms with Gasteiger partial charge in [-0.25, -0.2) is 0 Å². The van der Waals surface area contributed by atoms with E-state index in [9.17, 15) is 31.4 Å². The van der Waals surface area contributed by atoms with Crippen molar-refractivity contribution >= 4 is 29.4 Å². The van der Waals surface area contributed by atoms with Gasteiger partial charge in [0.25, 0.3) is 0 Å². The molecule has 2 aromatic rings. The second-order valence-electron chi connectivity index (χ2n) is 6.69. The number of alkyl halides is 6. The van der Waals surface area contributed by atoms with E-state index in [0.29, 0.717) is 12.1 Å². The topological polar surface area (TPSA) is 32.6 Å². The molecule has 0 amide bonds.